The summed E-state index contributed by atoms with van der Waals surface area (Å²) in [7, 11) is 0. The molecule has 134 valence electrons. The van der Waals surface area contributed by atoms with Gasteiger partial charge >= 0.3 is 0 Å². The predicted molar refractivity (Wildman–Crippen MR) is 97.4 cm³/mol. The summed E-state index contributed by atoms with van der Waals surface area (Å²) in [6, 6.07) is 6.95. The van der Waals surface area contributed by atoms with Crippen molar-refractivity contribution in [3.63, 3.8) is 0 Å². The van der Waals surface area contributed by atoms with Crippen LogP contribution < -0.4 is 10.6 Å². The minimum Gasteiger partial charge on any atom is -0.351 e. The quantitative estimate of drug-likeness (QED) is 0.843. The van der Waals surface area contributed by atoms with Gasteiger partial charge in [0.25, 0.3) is 5.91 Å². The maximum Gasteiger partial charge on any atom is 0.252 e. The molecular weight excluding hydrogens is 336 g/mol. The molecular formula is C20H25ClN2O2. The summed E-state index contributed by atoms with van der Waals surface area (Å²) in [6.07, 6.45) is 7.86. The minimum absolute atomic E-state index is 0.0403. The molecule has 0 unspecified atom stereocenters. The van der Waals surface area contributed by atoms with Crippen LogP contribution in [0.3, 0.4) is 0 Å². The van der Waals surface area contributed by atoms with Crippen LogP contribution in [-0.4, -0.2) is 23.9 Å². The molecule has 4 nitrogen and oxygen atoms in total. The van der Waals surface area contributed by atoms with Crippen LogP contribution in [0.5, 0.6) is 0 Å². The summed E-state index contributed by atoms with van der Waals surface area (Å²) in [5.41, 5.74) is 0.490. The first-order valence-corrected chi connectivity index (χ1v) is 9.74. The van der Waals surface area contributed by atoms with Crippen LogP contribution in [0.2, 0.25) is 5.02 Å². The highest BCUT2D eigenvalue weighted by Gasteiger charge is 2.51. The van der Waals surface area contributed by atoms with Gasteiger partial charge in [-0.3, -0.25) is 9.59 Å². The highest BCUT2D eigenvalue weighted by molar-refractivity contribution is 6.33. The number of hydrogen-bond acceptors (Lipinski definition) is 2. The molecule has 4 aliphatic rings. The Morgan fingerprint density at radius 3 is 2.24 bits per heavy atom. The molecule has 0 aliphatic heterocycles. The lowest BCUT2D eigenvalue weighted by Gasteiger charge is -2.56. The Hall–Kier alpha value is -1.55. The Kier molecular flexibility index (Phi) is 4.48. The fourth-order valence-corrected chi connectivity index (χ4v) is 5.87. The number of carbonyl (C=O) groups excluding carboxylic acids is 2. The smallest absolute Gasteiger partial charge is 0.252 e. The lowest BCUT2D eigenvalue weighted by molar-refractivity contribution is -0.126. The summed E-state index contributed by atoms with van der Waals surface area (Å²) in [4.78, 5) is 24.6. The van der Waals surface area contributed by atoms with Gasteiger partial charge in [0.15, 0.2) is 0 Å². The van der Waals surface area contributed by atoms with E-state index in [1.54, 1.807) is 24.3 Å². The van der Waals surface area contributed by atoms with E-state index in [4.69, 9.17) is 11.6 Å². The fraction of sp³-hybridized carbons (Fsp3) is 0.600. The molecule has 5 heteroatoms. The van der Waals surface area contributed by atoms with Crippen molar-refractivity contribution in [1.82, 2.24) is 10.6 Å². The largest absolute Gasteiger partial charge is 0.351 e. The summed E-state index contributed by atoms with van der Waals surface area (Å²) in [5, 5.41) is 6.56. The number of rotatable bonds is 5. The van der Waals surface area contributed by atoms with Crippen molar-refractivity contribution in [3.05, 3.63) is 34.9 Å². The van der Waals surface area contributed by atoms with E-state index in [1.807, 2.05) is 0 Å². The zero-order valence-corrected chi connectivity index (χ0v) is 15.1. The SMILES string of the molecule is O=C(CCNC(=O)c1ccccc1Cl)NC12CC3CC(CC(C3)C1)C2. The van der Waals surface area contributed by atoms with E-state index in [-0.39, 0.29) is 17.4 Å². The van der Waals surface area contributed by atoms with E-state index in [0.29, 0.717) is 23.6 Å². The number of halogens is 1. The average molecular weight is 361 g/mol. The first kappa shape index (κ1) is 16.9. The summed E-state index contributed by atoms with van der Waals surface area (Å²) in [5.74, 6) is 2.26. The second kappa shape index (κ2) is 6.64. The number of hydrogen-bond donors (Lipinski definition) is 2. The number of nitrogens with one attached hydrogen (secondary N) is 2. The molecule has 0 saturated heterocycles. The number of amides is 2. The summed E-state index contributed by atoms with van der Waals surface area (Å²) in [6.45, 7) is 0.336. The molecule has 0 spiro atoms. The van der Waals surface area contributed by atoms with E-state index >= 15 is 0 Å². The van der Waals surface area contributed by atoms with Gasteiger partial charge in [-0.05, 0) is 68.4 Å². The third kappa shape index (κ3) is 3.55. The van der Waals surface area contributed by atoms with Gasteiger partial charge in [-0.15, -0.1) is 0 Å². The Morgan fingerprint density at radius 1 is 1.04 bits per heavy atom. The van der Waals surface area contributed by atoms with E-state index in [2.05, 4.69) is 10.6 Å². The molecule has 4 saturated carbocycles. The maximum absolute atomic E-state index is 12.4. The predicted octanol–water partition coefficient (Wildman–Crippen LogP) is 3.54. The third-order valence-corrected chi connectivity index (χ3v) is 6.53. The second-order valence-electron chi connectivity index (χ2n) is 8.23. The Bertz CT molecular complexity index is 653. The number of benzene rings is 1. The monoisotopic (exact) mass is 360 g/mol. The first-order valence-electron chi connectivity index (χ1n) is 9.37. The molecule has 5 rings (SSSR count). The van der Waals surface area contributed by atoms with Crippen molar-refractivity contribution in [2.45, 2.75) is 50.5 Å². The maximum atomic E-state index is 12.4. The van der Waals surface area contributed by atoms with Gasteiger partial charge in [0.1, 0.15) is 0 Å². The summed E-state index contributed by atoms with van der Waals surface area (Å²) >= 11 is 6.02. The van der Waals surface area contributed by atoms with Crippen molar-refractivity contribution in [2.75, 3.05) is 6.54 Å². The highest BCUT2D eigenvalue weighted by Crippen LogP contribution is 2.55. The normalized spacial score (nSPS) is 32.4. The summed E-state index contributed by atoms with van der Waals surface area (Å²) < 4.78 is 0. The zero-order chi connectivity index (χ0) is 17.4. The van der Waals surface area contributed by atoms with Crippen molar-refractivity contribution in [3.8, 4) is 0 Å². The fourth-order valence-electron chi connectivity index (χ4n) is 5.65. The first-order chi connectivity index (χ1) is 12.0. The molecule has 0 atom stereocenters. The highest BCUT2D eigenvalue weighted by atomic mass is 35.5. The molecule has 0 radical (unpaired) electrons. The number of carbonyl (C=O) groups is 2. The molecule has 4 aliphatic carbocycles. The van der Waals surface area contributed by atoms with Crippen LogP contribution in [0.4, 0.5) is 0 Å². The van der Waals surface area contributed by atoms with Gasteiger partial charge in [-0.2, -0.15) is 0 Å². The average Bonchev–Trinajstić information content (AvgIpc) is 2.53. The van der Waals surface area contributed by atoms with Crippen LogP contribution in [0, 0.1) is 17.8 Å². The molecule has 4 fully saturated rings. The topological polar surface area (TPSA) is 58.2 Å². The molecule has 1 aromatic rings. The van der Waals surface area contributed by atoms with Gasteiger partial charge in [0.2, 0.25) is 5.91 Å². The Labute approximate surface area is 153 Å². The molecule has 25 heavy (non-hydrogen) atoms. The molecule has 1 aromatic carbocycles. The van der Waals surface area contributed by atoms with Crippen molar-refractivity contribution in [1.29, 1.82) is 0 Å². The van der Waals surface area contributed by atoms with Gasteiger partial charge < -0.3 is 10.6 Å². The minimum atomic E-state index is -0.229. The molecule has 0 aromatic heterocycles. The van der Waals surface area contributed by atoms with Crippen LogP contribution in [0.15, 0.2) is 24.3 Å². The van der Waals surface area contributed by atoms with Gasteiger partial charge in [0, 0.05) is 18.5 Å². The lowest BCUT2D eigenvalue weighted by Crippen LogP contribution is -2.60. The van der Waals surface area contributed by atoms with Crippen LogP contribution >= 0.6 is 11.6 Å². The van der Waals surface area contributed by atoms with E-state index in [0.717, 1.165) is 37.0 Å². The Balaban J connectivity index is 1.27. The van der Waals surface area contributed by atoms with Crippen LogP contribution in [-0.2, 0) is 4.79 Å². The van der Waals surface area contributed by atoms with Crippen molar-refractivity contribution < 1.29 is 9.59 Å². The molecule has 2 N–H and O–H groups in total. The van der Waals surface area contributed by atoms with Gasteiger partial charge in [0.05, 0.1) is 10.6 Å². The standard InChI is InChI=1S/C20H25ClN2O2/c21-17-4-2-1-3-16(17)19(25)22-6-5-18(24)23-20-10-13-7-14(11-20)9-15(8-13)12-20/h1-4,13-15H,5-12H2,(H,22,25)(H,23,24). The zero-order valence-electron chi connectivity index (χ0n) is 14.4. The second-order valence-corrected chi connectivity index (χ2v) is 8.64. The van der Waals surface area contributed by atoms with Crippen molar-refractivity contribution >= 4 is 23.4 Å². The van der Waals surface area contributed by atoms with E-state index in [9.17, 15) is 9.59 Å². The lowest BCUT2D eigenvalue weighted by atomic mass is 9.53. The molecule has 2 amide bonds. The van der Waals surface area contributed by atoms with Crippen LogP contribution in [0.1, 0.15) is 55.3 Å². The van der Waals surface area contributed by atoms with Gasteiger partial charge in [-0.1, -0.05) is 23.7 Å². The third-order valence-electron chi connectivity index (χ3n) is 6.20. The van der Waals surface area contributed by atoms with Crippen molar-refractivity contribution in [2.24, 2.45) is 17.8 Å². The van der Waals surface area contributed by atoms with E-state index in [1.165, 1.54) is 19.3 Å². The molecule has 0 heterocycles. The molecule has 4 bridgehead atoms. The van der Waals surface area contributed by atoms with E-state index < -0.39 is 0 Å². The Morgan fingerprint density at radius 2 is 1.64 bits per heavy atom. The van der Waals surface area contributed by atoms with Gasteiger partial charge in [-0.25, -0.2) is 0 Å². The van der Waals surface area contributed by atoms with Crippen LogP contribution in [0.25, 0.3) is 0 Å².